The van der Waals surface area contributed by atoms with E-state index in [1.165, 1.54) is 0 Å². The summed E-state index contributed by atoms with van der Waals surface area (Å²) in [6.45, 7) is 0.923. The summed E-state index contributed by atoms with van der Waals surface area (Å²) in [7, 11) is 0. The Morgan fingerprint density at radius 2 is 2.08 bits per heavy atom. The van der Waals surface area contributed by atoms with Gasteiger partial charge in [-0.2, -0.15) is 0 Å². The van der Waals surface area contributed by atoms with Crippen LogP contribution in [-0.4, -0.2) is 56.4 Å². The first-order chi connectivity index (χ1) is 11.5. The fraction of sp³-hybridized carbons (Fsp3) is 0.562. The zero-order chi connectivity index (χ0) is 17.2. The average molecular weight is 332 g/mol. The first kappa shape index (κ1) is 16.4. The van der Waals surface area contributed by atoms with Gasteiger partial charge in [0.15, 0.2) is 0 Å². The predicted molar refractivity (Wildman–Crippen MR) is 82.8 cm³/mol. The molecule has 3 rings (SSSR count). The number of carbonyl (C=O) groups is 3. The lowest BCUT2D eigenvalue weighted by Crippen LogP contribution is -2.56. The van der Waals surface area contributed by atoms with Crippen LogP contribution in [0.25, 0.3) is 0 Å². The summed E-state index contributed by atoms with van der Waals surface area (Å²) in [5.41, 5.74) is 0.0678. The van der Waals surface area contributed by atoms with E-state index in [9.17, 15) is 19.5 Å². The molecule has 24 heavy (non-hydrogen) atoms. The highest BCUT2D eigenvalue weighted by Crippen LogP contribution is 2.37. The van der Waals surface area contributed by atoms with Gasteiger partial charge in [0.2, 0.25) is 11.8 Å². The van der Waals surface area contributed by atoms with Crippen LogP contribution in [0.5, 0.6) is 0 Å². The van der Waals surface area contributed by atoms with E-state index in [2.05, 4.69) is 15.3 Å². The lowest BCUT2D eigenvalue weighted by atomic mass is 9.77. The number of carbonyl (C=O) groups excluding carboxylic acids is 2. The average Bonchev–Trinajstić information content (AvgIpc) is 2.90. The lowest BCUT2D eigenvalue weighted by Gasteiger charge is -2.41. The molecule has 2 fully saturated rings. The maximum Gasteiger partial charge on any atom is 0.309 e. The number of amides is 2. The van der Waals surface area contributed by atoms with Gasteiger partial charge < -0.3 is 15.3 Å². The maximum absolute atomic E-state index is 12.3. The number of aromatic nitrogens is 2. The van der Waals surface area contributed by atoms with Crippen molar-refractivity contribution in [2.45, 2.75) is 37.6 Å². The molecule has 1 aromatic rings. The van der Waals surface area contributed by atoms with Gasteiger partial charge in [0.1, 0.15) is 0 Å². The molecule has 3 heterocycles. The summed E-state index contributed by atoms with van der Waals surface area (Å²) in [6, 6.07) is 0. The first-order valence-electron chi connectivity index (χ1n) is 8.07. The topological polar surface area (TPSA) is 112 Å². The van der Waals surface area contributed by atoms with E-state index in [4.69, 9.17) is 0 Å². The largest absolute Gasteiger partial charge is 0.481 e. The molecule has 0 radical (unpaired) electrons. The van der Waals surface area contributed by atoms with Crippen LogP contribution in [-0.2, 0) is 20.8 Å². The maximum atomic E-state index is 12.3. The minimum Gasteiger partial charge on any atom is -0.481 e. The van der Waals surface area contributed by atoms with Crippen LogP contribution in [0, 0.1) is 5.92 Å². The Morgan fingerprint density at radius 1 is 1.33 bits per heavy atom. The summed E-state index contributed by atoms with van der Waals surface area (Å²) in [4.78, 5) is 45.2. The molecule has 1 aromatic heterocycles. The van der Waals surface area contributed by atoms with Crippen molar-refractivity contribution >= 4 is 17.8 Å². The van der Waals surface area contributed by atoms with E-state index in [-0.39, 0.29) is 18.2 Å². The second kappa shape index (κ2) is 6.54. The molecule has 2 N–H and O–H groups in total. The molecule has 0 aromatic carbocycles. The second-order valence-electron chi connectivity index (χ2n) is 6.38. The van der Waals surface area contributed by atoms with E-state index in [0.717, 1.165) is 5.69 Å². The number of piperidine rings is 1. The molecule has 2 saturated heterocycles. The number of nitrogens with one attached hydrogen (secondary N) is 1. The molecular formula is C16H20N4O4. The van der Waals surface area contributed by atoms with Crippen LogP contribution in [0.1, 0.15) is 31.4 Å². The SMILES string of the molecule is O=C1C[C@H](C(=O)O)C2(CCN(C(=O)CCc3cnccn3)CC2)N1. The van der Waals surface area contributed by atoms with Crippen LogP contribution in [0.3, 0.4) is 0 Å². The number of nitrogens with zero attached hydrogens (tertiary/aromatic N) is 3. The van der Waals surface area contributed by atoms with Crippen molar-refractivity contribution in [2.24, 2.45) is 5.92 Å². The van der Waals surface area contributed by atoms with Crippen LogP contribution in [0.4, 0.5) is 0 Å². The van der Waals surface area contributed by atoms with E-state index in [0.29, 0.717) is 38.8 Å². The molecule has 1 atom stereocenters. The van der Waals surface area contributed by atoms with Crippen LogP contribution in [0.15, 0.2) is 18.6 Å². The Bertz CT molecular complexity index is 641. The Balaban J connectivity index is 1.55. The lowest BCUT2D eigenvalue weighted by molar-refractivity contribution is -0.145. The molecule has 1 spiro atoms. The van der Waals surface area contributed by atoms with Crippen molar-refractivity contribution in [2.75, 3.05) is 13.1 Å². The Kier molecular flexibility index (Phi) is 4.46. The quantitative estimate of drug-likeness (QED) is 0.802. The number of rotatable bonds is 4. The molecule has 0 aliphatic carbocycles. The van der Waals surface area contributed by atoms with Gasteiger partial charge in [0.05, 0.1) is 17.2 Å². The van der Waals surface area contributed by atoms with E-state index >= 15 is 0 Å². The molecule has 0 unspecified atom stereocenters. The Labute approximate surface area is 139 Å². The van der Waals surface area contributed by atoms with Gasteiger partial charge in [-0.25, -0.2) is 0 Å². The van der Waals surface area contributed by atoms with E-state index in [1.54, 1.807) is 23.5 Å². The highest BCUT2D eigenvalue weighted by molar-refractivity contribution is 5.88. The summed E-state index contributed by atoms with van der Waals surface area (Å²) in [5.74, 6) is -1.85. The molecule has 2 amide bonds. The minimum atomic E-state index is -0.948. The third-order valence-electron chi connectivity index (χ3n) is 4.96. The monoisotopic (exact) mass is 332 g/mol. The van der Waals surface area contributed by atoms with Gasteiger partial charge in [0.25, 0.3) is 0 Å². The van der Waals surface area contributed by atoms with Crippen molar-refractivity contribution in [1.29, 1.82) is 0 Å². The molecule has 8 nitrogen and oxygen atoms in total. The third kappa shape index (κ3) is 3.22. The van der Waals surface area contributed by atoms with Crippen LogP contribution >= 0.6 is 0 Å². The van der Waals surface area contributed by atoms with Gasteiger partial charge in [-0.15, -0.1) is 0 Å². The first-order valence-corrected chi connectivity index (χ1v) is 8.07. The smallest absolute Gasteiger partial charge is 0.309 e. The highest BCUT2D eigenvalue weighted by atomic mass is 16.4. The molecule has 0 bridgehead atoms. The van der Waals surface area contributed by atoms with Gasteiger partial charge in [-0.1, -0.05) is 0 Å². The number of hydrogen-bond donors (Lipinski definition) is 2. The zero-order valence-electron chi connectivity index (χ0n) is 13.3. The zero-order valence-corrected chi connectivity index (χ0v) is 13.3. The van der Waals surface area contributed by atoms with Crippen molar-refractivity contribution in [3.63, 3.8) is 0 Å². The van der Waals surface area contributed by atoms with Crippen molar-refractivity contribution in [3.8, 4) is 0 Å². The van der Waals surface area contributed by atoms with Crippen molar-refractivity contribution < 1.29 is 19.5 Å². The van der Waals surface area contributed by atoms with Crippen molar-refractivity contribution in [3.05, 3.63) is 24.3 Å². The fourth-order valence-electron chi connectivity index (χ4n) is 3.60. The van der Waals surface area contributed by atoms with Crippen molar-refractivity contribution in [1.82, 2.24) is 20.2 Å². The number of aryl methyl sites for hydroxylation is 1. The van der Waals surface area contributed by atoms with Crippen LogP contribution < -0.4 is 5.32 Å². The predicted octanol–water partition coefficient (Wildman–Crippen LogP) is -0.00890. The number of likely N-dealkylation sites (tertiary alicyclic amines) is 1. The molecule has 8 heteroatoms. The normalized spacial score (nSPS) is 22.4. The molecular weight excluding hydrogens is 312 g/mol. The van der Waals surface area contributed by atoms with E-state index in [1.807, 2.05) is 0 Å². The number of hydrogen-bond acceptors (Lipinski definition) is 5. The van der Waals surface area contributed by atoms with Gasteiger partial charge >= 0.3 is 5.97 Å². The molecule has 0 saturated carbocycles. The highest BCUT2D eigenvalue weighted by Gasteiger charge is 2.51. The van der Waals surface area contributed by atoms with Gasteiger partial charge in [-0.05, 0) is 19.3 Å². The Morgan fingerprint density at radius 3 is 2.71 bits per heavy atom. The molecule has 128 valence electrons. The summed E-state index contributed by atoms with van der Waals surface area (Å²) >= 11 is 0. The summed E-state index contributed by atoms with van der Waals surface area (Å²) in [6.07, 6.45) is 6.69. The summed E-state index contributed by atoms with van der Waals surface area (Å²) < 4.78 is 0. The van der Waals surface area contributed by atoms with E-state index < -0.39 is 17.4 Å². The number of carboxylic acids is 1. The second-order valence-corrected chi connectivity index (χ2v) is 6.38. The molecule has 2 aliphatic rings. The summed E-state index contributed by atoms with van der Waals surface area (Å²) in [5, 5.41) is 12.2. The van der Waals surface area contributed by atoms with Gasteiger partial charge in [0, 0.05) is 44.5 Å². The molecule has 2 aliphatic heterocycles. The number of aliphatic carboxylic acids is 1. The van der Waals surface area contributed by atoms with Gasteiger partial charge in [-0.3, -0.25) is 24.4 Å². The Hall–Kier alpha value is -2.51. The minimum absolute atomic E-state index is 0.0201. The third-order valence-corrected chi connectivity index (χ3v) is 4.96. The fourth-order valence-corrected chi connectivity index (χ4v) is 3.60. The number of carboxylic acid groups (broad SMARTS) is 1. The standard InChI is InChI=1S/C16H20N4O4/c21-13-9-12(15(23)24)16(19-13)3-7-20(8-4-16)14(22)2-1-11-10-17-5-6-18-11/h5-6,10,12H,1-4,7-9H2,(H,19,21)(H,23,24)/t12-/m1/s1. The van der Waals surface area contributed by atoms with Crippen LogP contribution in [0.2, 0.25) is 0 Å².